The van der Waals surface area contributed by atoms with E-state index in [0.717, 1.165) is 11.3 Å². The van der Waals surface area contributed by atoms with Crippen LogP contribution in [0.4, 0.5) is 0 Å². The van der Waals surface area contributed by atoms with Gasteiger partial charge in [0.25, 0.3) is 0 Å². The molecule has 1 amide bonds. The lowest BCUT2D eigenvalue weighted by molar-refractivity contribution is -0.121. The fourth-order valence-corrected chi connectivity index (χ4v) is 3.04. The van der Waals surface area contributed by atoms with Gasteiger partial charge in [-0.25, -0.2) is 0 Å². The number of benzene rings is 2. The van der Waals surface area contributed by atoms with E-state index in [4.69, 9.17) is 23.5 Å². The fraction of sp³-hybridized carbons (Fsp3) is 0.286. The minimum absolute atomic E-state index is 0.116. The van der Waals surface area contributed by atoms with Crippen LogP contribution in [0.25, 0.3) is 11.4 Å². The van der Waals surface area contributed by atoms with Crippen molar-refractivity contribution >= 4 is 5.91 Å². The zero-order valence-corrected chi connectivity index (χ0v) is 16.6. The number of amides is 1. The predicted octanol–water partition coefficient (Wildman–Crippen LogP) is 2.73. The molecular weight excluding hydrogens is 390 g/mol. The SMILES string of the molecule is COc1ccc(-c2noc(CNC(=O)CCc3ccc4c(c3)OCO4)n2)c(OC)c1. The predicted molar refractivity (Wildman–Crippen MR) is 106 cm³/mol. The van der Waals surface area contributed by atoms with Gasteiger partial charge in [0.05, 0.1) is 26.3 Å². The molecule has 1 N–H and O–H groups in total. The zero-order chi connectivity index (χ0) is 20.9. The summed E-state index contributed by atoms with van der Waals surface area (Å²) >= 11 is 0. The van der Waals surface area contributed by atoms with Crippen LogP contribution in [0, 0.1) is 0 Å². The number of methoxy groups -OCH3 is 2. The quantitative estimate of drug-likeness (QED) is 0.603. The molecule has 0 spiro atoms. The minimum Gasteiger partial charge on any atom is -0.497 e. The molecule has 2 heterocycles. The van der Waals surface area contributed by atoms with Crippen LogP contribution >= 0.6 is 0 Å². The number of hydrogen-bond donors (Lipinski definition) is 1. The van der Waals surface area contributed by atoms with Crippen LogP contribution in [0.5, 0.6) is 23.0 Å². The average molecular weight is 411 g/mol. The highest BCUT2D eigenvalue weighted by Crippen LogP contribution is 2.33. The molecule has 4 rings (SSSR count). The topological polar surface area (TPSA) is 105 Å². The Morgan fingerprint density at radius 2 is 1.97 bits per heavy atom. The van der Waals surface area contributed by atoms with Gasteiger partial charge in [0.1, 0.15) is 11.5 Å². The summed E-state index contributed by atoms with van der Waals surface area (Å²) in [4.78, 5) is 16.5. The van der Waals surface area contributed by atoms with Crippen molar-refractivity contribution < 1.29 is 28.3 Å². The third kappa shape index (κ3) is 4.29. The first kappa shape index (κ1) is 19.6. The van der Waals surface area contributed by atoms with E-state index in [1.165, 1.54) is 0 Å². The number of ether oxygens (including phenoxy) is 4. The van der Waals surface area contributed by atoms with Crippen LogP contribution in [0.15, 0.2) is 40.9 Å². The highest BCUT2D eigenvalue weighted by molar-refractivity contribution is 5.76. The maximum atomic E-state index is 12.2. The van der Waals surface area contributed by atoms with E-state index in [2.05, 4.69) is 15.5 Å². The average Bonchev–Trinajstić information content (AvgIpc) is 3.44. The van der Waals surface area contributed by atoms with Gasteiger partial charge in [-0.1, -0.05) is 11.2 Å². The van der Waals surface area contributed by atoms with Crippen molar-refractivity contribution in [2.75, 3.05) is 21.0 Å². The van der Waals surface area contributed by atoms with Crippen LogP contribution in [0.1, 0.15) is 17.9 Å². The number of fused-ring (bicyclic) bond motifs is 1. The van der Waals surface area contributed by atoms with Crippen LogP contribution in [-0.2, 0) is 17.8 Å². The second-order valence-electron chi connectivity index (χ2n) is 6.54. The third-order valence-corrected chi connectivity index (χ3v) is 4.63. The van der Waals surface area contributed by atoms with Crippen molar-refractivity contribution in [3.63, 3.8) is 0 Å². The molecule has 0 saturated carbocycles. The maximum absolute atomic E-state index is 12.2. The van der Waals surface area contributed by atoms with E-state index in [-0.39, 0.29) is 19.2 Å². The smallest absolute Gasteiger partial charge is 0.246 e. The number of nitrogens with zero attached hydrogens (tertiary/aromatic N) is 2. The summed E-state index contributed by atoms with van der Waals surface area (Å²) in [7, 11) is 3.13. The first-order valence-corrected chi connectivity index (χ1v) is 9.36. The van der Waals surface area contributed by atoms with Crippen molar-refractivity contribution in [3.8, 4) is 34.4 Å². The largest absolute Gasteiger partial charge is 0.497 e. The standard InChI is InChI=1S/C21H21N3O6/c1-26-14-5-6-15(17(10-14)27-2)21-23-20(30-24-21)11-22-19(25)8-4-13-3-7-16-18(9-13)29-12-28-16/h3,5-7,9-10H,4,8,11-12H2,1-2H3,(H,22,25). The summed E-state index contributed by atoms with van der Waals surface area (Å²) in [6.45, 7) is 0.374. The van der Waals surface area contributed by atoms with E-state index >= 15 is 0 Å². The molecule has 0 saturated heterocycles. The van der Waals surface area contributed by atoms with Gasteiger partial charge in [-0.3, -0.25) is 4.79 Å². The van der Waals surface area contributed by atoms with Crippen LogP contribution in [0.2, 0.25) is 0 Å². The summed E-state index contributed by atoms with van der Waals surface area (Å²) in [6.07, 6.45) is 0.910. The summed E-state index contributed by atoms with van der Waals surface area (Å²) < 4.78 is 26.4. The molecule has 30 heavy (non-hydrogen) atoms. The molecule has 2 aromatic carbocycles. The molecule has 0 radical (unpaired) electrons. The van der Waals surface area contributed by atoms with Crippen LogP contribution in [0.3, 0.4) is 0 Å². The Hall–Kier alpha value is -3.75. The van der Waals surface area contributed by atoms with Gasteiger partial charge >= 0.3 is 0 Å². The van der Waals surface area contributed by atoms with E-state index in [0.29, 0.717) is 47.4 Å². The fourth-order valence-electron chi connectivity index (χ4n) is 3.04. The number of hydrogen-bond acceptors (Lipinski definition) is 8. The molecule has 1 aliphatic heterocycles. The first-order valence-electron chi connectivity index (χ1n) is 9.36. The van der Waals surface area contributed by atoms with Crippen LogP contribution < -0.4 is 24.3 Å². The molecule has 1 aromatic heterocycles. The molecule has 9 heteroatoms. The molecule has 156 valence electrons. The Labute approximate surface area is 172 Å². The molecule has 0 unspecified atom stereocenters. The Bertz CT molecular complexity index is 1050. The van der Waals surface area contributed by atoms with Gasteiger partial charge in [-0.15, -0.1) is 0 Å². The van der Waals surface area contributed by atoms with Crippen molar-refractivity contribution in [2.45, 2.75) is 19.4 Å². The third-order valence-electron chi connectivity index (χ3n) is 4.63. The van der Waals surface area contributed by atoms with Gasteiger partial charge in [0.15, 0.2) is 11.5 Å². The minimum atomic E-state index is -0.116. The van der Waals surface area contributed by atoms with Crippen LogP contribution in [-0.4, -0.2) is 37.1 Å². The summed E-state index contributed by atoms with van der Waals surface area (Å²) in [5.74, 6) is 3.22. The Morgan fingerprint density at radius 3 is 2.80 bits per heavy atom. The first-order chi connectivity index (χ1) is 14.7. The Morgan fingerprint density at radius 1 is 1.10 bits per heavy atom. The lowest BCUT2D eigenvalue weighted by Gasteiger charge is -2.07. The summed E-state index contributed by atoms with van der Waals surface area (Å²) in [5.41, 5.74) is 1.67. The Kier molecular flexibility index (Phi) is 5.69. The molecule has 9 nitrogen and oxygen atoms in total. The molecular formula is C21H21N3O6. The summed E-state index contributed by atoms with van der Waals surface area (Å²) in [5, 5.41) is 6.76. The van der Waals surface area contributed by atoms with Gasteiger partial charge < -0.3 is 28.8 Å². The monoisotopic (exact) mass is 411 g/mol. The molecule has 1 aliphatic rings. The number of aromatic nitrogens is 2. The van der Waals surface area contributed by atoms with Gasteiger partial charge in [-0.05, 0) is 36.2 Å². The molecule has 0 atom stereocenters. The van der Waals surface area contributed by atoms with Gasteiger partial charge in [0, 0.05) is 12.5 Å². The second-order valence-corrected chi connectivity index (χ2v) is 6.54. The second kappa shape index (κ2) is 8.73. The molecule has 3 aromatic rings. The van der Waals surface area contributed by atoms with E-state index in [9.17, 15) is 4.79 Å². The lowest BCUT2D eigenvalue weighted by atomic mass is 10.1. The number of aryl methyl sites for hydroxylation is 1. The highest BCUT2D eigenvalue weighted by atomic mass is 16.7. The lowest BCUT2D eigenvalue weighted by Crippen LogP contribution is -2.23. The van der Waals surface area contributed by atoms with Crippen molar-refractivity contribution in [1.29, 1.82) is 0 Å². The number of carbonyl (C=O) groups excluding carboxylic acids is 1. The normalized spacial score (nSPS) is 11.9. The number of carbonyl (C=O) groups is 1. The maximum Gasteiger partial charge on any atom is 0.246 e. The summed E-state index contributed by atoms with van der Waals surface area (Å²) in [6, 6.07) is 11.0. The number of nitrogens with one attached hydrogen (secondary N) is 1. The van der Waals surface area contributed by atoms with E-state index < -0.39 is 0 Å². The zero-order valence-electron chi connectivity index (χ0n) is 16.6. The highest BCUT2D eigenvalue weighted by Gasteiger charge is 2.16. The Balaban J connectivity index is 1.31. The molecule has 0 aliphatic carbocycles. The number of rotatable bonds is 8. The van der Waals surface area contributed by atoms with E-state index in [1.807, 2.05) is 18.2 Å². The molecule has 0 bridgehead atoms. The molecule has 0 fully saturated rings. The van der Waals surface area contributed by atoms with Crippen molar-refractivity contribution in [2.24, 2.45) is 0 Å². The van der Waals surface area contributed by atoms with Gasteiger partial charge in [-0.2, -0.15) is 4.98 Å². The van der Waals surface area contributed by atoms with E-state index in [1.54, 1.807) is 32.4 Å². The van der Waals surface area contributed by atoms with Gasteiger partial charge in [0.2, 0.25) is 24.4 Å². The van der Waals surface area contributed by atoms with Crippen molar-refractivity contribution in [1.82, 2.24) is 15.5 Å². The van der Waals surface area contributed by atoms with Crippen molar-refractivity contribution in [3.05, 3.63) is 47.9 Å².